The number of hydrogen-bond donors (Lipinski definition) is 2. The molecular formula is C24H24FN3. The number of halogens is 1. The van der Waals surface area contributed by atoms with E-state index in [1.54, 1.807) is 6.07 Å². The lowest BCUT2D eigenvalue weighted by molar-refractivity contribution is 0.521. The highest BCUT2D eigenvalue weighted by Gasteiger charge is 2.31. The fourth-order valence-electron chi connectivity index (χ4n) is 4.59. The van der Waals surface area contributed by atoms with Gasteiger partial charge in [-0.3, -0.25) is 0 Å². The van der Waals surface area contributed by atoms with Crippen molar-refractivity contribution in [2.45, 2.75) is 26.3 Å². The fraction of sp³-hybridized carbons (Fsp3) is 0.250. The first-order valence-corrected chi connectivity index (χ1v) is 9.87. The Bertz CT molecular complexity index is 1060. The molecule has 2 N–H and O–H groups in total. The van der Waals surface area contributed by atoms with E-state index < -0.39 is 0 Å². The number of nitrogens with one attached hydrogen (secondary N) is 2. The fourth-order valence-corrected chi connectivity index (χ4v) is 4.59. The summed E-state index contributed by atoms with van der Waals surface area (Å²) in [5, 5.41) is 3.50. The van der Waals surface area contributed by atoms with Crippen LogP contribution in [0.4, 0.5) is 15.9 Å². The molecule has 2 aliphatic rings. The van der Waals surface area contributed by atoms with Crippen molar-refractivity contribution in [1.82, 2.24) is 10.3 Å². The smallest absolute Gasteiger partial charge is 0.128 e. The van der Waals surface area contributed by atoms with Crippen LogP contribution in [0.25, 0.3) is 6.08 Å². The summed E-state index contributed by atoms with van der Waals surface area (Å²) in [6.07, 6.45) is 5.37. The molecule has 1 aromatic heterocycles. The third-order valence-electron chi connectivity index (χ3n) is 5.75. The number of aromatic nitrogens is 1. The molecule has 0 spiro atoms. The highest BCUT2D eigenvalue weighted by molar-refractivity contribution is 5.79. The predicted octanol–water partition coefficient (Wildman–Crippen LogP) is 5.17. The minimum absolute atomic E-state index is 0.148. The van der Waals surface area contributed by atoms with Gasteiger partial charge in [0.1, 0.15) is 11.6 Å². The Morgan fingerprint density at radius 3 is 2.64 bits per heavy atom. The van der Waals surface area contributed by atoms with E-state index in [9.17, 15) is 4.39 Å². The van der Waals surface area contributed by atoms with Crippen LogP contribution < -0.4 is 10.2 Å². The van der Waals surface area contributed by atoms with Crippen LogP contribution in [-0.4, -0.2) is 18.1 Å². The summed E-state index contributed by atoms with van der Waals surface area (Å²) in [6, 6.07) is 13.6. The summed E-state index contributed by atoms with van der Waals surface area (Å²) in [6.45, 7) is 5.94. The number of fused-ring (bicyclic) bond motifs is 3. The van der Waals surface area contributed by atoms with Gasteiger partial charge in [0.05, 0.1) is 6.04 Å². The van der Waals surface area contributed by atoms with Crippen LogP contribution in [0.3, 0.4) is 0 Å². The highest BCUT2D eigenvalue weighted by atomic mass is 19.1. The quantitative estimate of drug-likeness (QED) is 0.649. The molecule has 142 valence electrons. The van der Waals surface area contributed by atoms with Crippen molar-refractivity contribution in [2.75, 3.05) is 18.0 Å². The normalized spacial score (nSPS) is 18.1. The van der Waals surface area contributed by atoms with Gasteiger partial charge in [0.25, 0.3) is 0 Å². The second kappa shape index (κ2) is 6.64. The van der Waals surface area contributed by atoms with Crippen LogP contribution in [0.2, 0.25) is 0 Å². The molecule has 0 saturated carbocycles. The average Bonchev–Trinajstić information content (AvgIpc) is 3.06. The maximum absolute atomic E-state index is 14.5. The van der Waals surface area contributed by atoms with Crippen LogP contribution in [-0.2, 0) is 6.42 Å². The van der Waals surface area contributed by atoms with Gasteiger partial charge in [0.2, 0.25) is 0 Å². The van der Waals surface area contributed by atoms with E-state index in [1.807, 2.05) is 12.1 Å². The van der Waals surface area contributed by atoms with E-state index in [2.05, 4.69) is 59.4 Å². The van der Waals surface area contributed by atoms with E-state index in [0.717, 1.165) is 31.0 Å². The first kappa shape index (κ1) is 17.3. The molecule has 28 heavy (non-hydrogen) atoms. The van der Waals surface area contributed by atoms with Crippen LogP contribution in [0.5, 0.6) is 0 Å². The lowest BCUT2D eigenvalue weighted by Gasteiger charge is -2.26. The van der Waals surface area contributed by atoms with E-state index in [1.165, 1.54) is 34.0 Å². The zero-order valence-corrected chi connectivity index (χ0v) is 16.2. The molecule has 0 fully saturated rings. The lowest BCUT2D eigenvalue weighted by atomic mass is 9.93. The Morgan fingerprint density at radius 2 is 1.86 bits per heavy atom. The minimum atomic E-state index is -0.165. The third kappa shape index (κ3) is 2.76. The molecule has 3 heterocycles. The van der Waals surface area contributed by atoms with Crippen molar-refractivity contribution in [1.29, 1.82) is 0 Å². The van der Waals surface area contributed by atoms with Crippen molar-refractivity contribution in [3.05, 3.63) is 87.9 Å². The van der Waals surface area contributed by atoms with Crippen LogP contribution in [0.15, 0.2) is 48.5 Å². The number of benzene rings is 2. The van der Waals surface area contributed by atoms with Gasteiger partial charge in [-0.25, -0.2) is 4.39 Å². The molecule has 0 aliphatic carbocycles. The molecule has 2 aliphatic heterocycles. The molecule has 3 nitrogen and oxygen atoms in total. The van der Waals surface area contributed by atoms with Gasteiger partial charge >= 0.3 is 0 Å². The number of hydrogen-bond acceptors (Lipinski definition) is 2. The molecule has 1 atom stereocenters. The Labute approximate surface area is 164 Å². The molecule has 4 heteroatoms. The Kier molecular flexibility index (Phi) is 4.09. The molecule has 1 unspecified atom stereocenters. The monoisotopic (exact) mass is 373 g/mol. The minimum Gasteiger partial charge on any atom is -0.343 e. The summed E-state index contributed by atoms with van der Waals surface area (Å²) in [4.78, 5) is 5.99. The standard InChI is InChI=1S/C24H24FN3/c1-15-12-16(2)14-17(13-15)28-11-5-7-19-18-9-10-26-22(23(18)27-24(19)28)20-6-3-4-8-21(20)25/h3-8,12-14,22,26-27H,9-11H2,1-2H3. The summed E-state index contributed by atoms with van der Waals surface area (Å²) < 4.78 is 14.5. The molecule has 0 bridgehead atoms. The Hall–Kier alpha value is -2.85. The highest BCUT2D eigenvalue weighted by Crippen LogP contribution is 2.41. The SMILES string of the molecule is Cc1cc(C)cc(N2CC=Cc3c2[nH]c2c3CCNC2c2ccccc2F)c1. The van der Waals surface area contributed by atoms with Gasteiger partial charge in [0.15, 0.2) is 0 Å². The molecule has 5 rings (SSSR count). The molecule has 3 aromatic rings. The van der Waals surface area contributed by atoms with E-state index in [-0.39, 0.29) is 11.9 Å². The Morgan fingerprint density at radius 1 is 1.07 bits per heavy atom. The second-order valence-corrected chi connectivity index (χ2v) is 7.80. The topological polar surface area (TPSA) is 31.1 Å². The van der Waals surface area contributed by atoms with Crippen LogP contribution in [0, 0.1) is 19.7 Å². The van der Waals surface area contributed by atoms with Gasteiger partial charge in [0, 0.05) is 35.6 Å². The van der Waals surface area contributed by atoms with E-state index in [0.29, 0.717) is 5.56 Å². The molecule has 0 radical (unpaired) electrons. The molecule has 0 saturated heterocycles. The van der Waals surface area contributed by atoms with Gasteiger partial charge in [-0.05, 0) is 55.2 Å². The van der Waals surface area contributed by atoms with Gasteiger partial charge < -0.3 is 15.2 Å². The summed E-state index contributed by atoms with van der Waals surface area (Å²) in [5.74, 6) is 0.949. The largest absolute Gasteiger partial charge is 0.343 e. The van der Waals surface area contributed by atoms with Gasteiger partial charge in [-0.1, -0.05) is 36.4 Å². The van der Waals surface area contributed by atoms with Crippen molar-refractivity contribution in [3.8, 4) is 0 Å². The maximum Gasteiger partial charge on any atom is 0.128 e. The Balaban J connectivity index is 1.63. The summed E-state index contributed by atoms with van der Waals surface area (Å²) >= 11 is 0. The zero-order valence-electron chi connectivity index (χ0n) is 16.2. The first-order chi connectivity index (χ1) is 13.6. The van der Waals surface area contributed by atoms with Crippen LogP contribution >= 0.6 is 0 Å². The molecule has 0 amide bonds. The second-order valence-electron chi connectivity index (χ2n) is 7.80. The third-order valence-corrected chi connectivity index (χ3v) is 5.75. The van der Waals surface area contributed by atoms with E-state index >= 15 is 0 Å². The van der Waals surface area contributed by atoms with Crippen molar-refractivity contribution in [2.24, 2.45) is 0 Å². The number of rotatable bonds is 2. The predicted molar refractivity (Wildman–Crippen MR) is 113 cm³/mol. The average molecular weight is 373 g/mol. The number of nitrogens with zero attached hydrogens (tertiary/aromatic N) is 1. The first-order valence-electron chi connectivity index (χ1n) is 9.87. The number of aryl methyl sites for hydroxylation is 2. The lowest BCUT2D eigenvalue weighted by Crippen LogP contribution is -2.31. The van der Waals surface area contributed by atoms with Crippen molar-refractivity contribution in [3.63, 3.8) is 0 Å². The number of aromatic amines is 1. The maximum atomic E-state index is 14.5. The van der Waals surface area contributed by atoms with Crippen molar-refractivity contribution >= 4 is 17.6 Å². The molecular weight excluding hydrogens is 349 g/mol. The number of anilines is 2. The van der Waals surface area contributed by atoms with Crippen LogP contribution in [0.1, 0.15) is 39.6 Å². The van der Waals surface area contributed by atoms with Crippen molar-refractivity contribution < 1.29 is 4.39 Å². The summed E-state index contributed by atoms with van der Waals surface area (Å²) in [5.41, 5.74) is 8.03. The van der Waals surface area contributed by atoms with Gasteiger partial charge in [-0.15, -0.1) is 0 Å². The van der Waals surface area contributed by atoms with Gasteiger partial charge in [-0.2, -0.15) is 0 Å². The molecule has 2 aromatic carbocycles. The zero-order chi connectivity index (χ0) is 19.3. The number of H-pyrrole nitrogens is 1. The summed E-state index contributed by atoms with van der Waals surface area (Å²) in [7, 11) is 0. The van der Waals surface area contributed by atoms with E-state index in [4.69, 9.17) is 0 Å².